The summed E-state index contributed by atoms with van der Waals surface area (Å²) in [6.07, 6.45) is 0. The normalized spacial score (nSPS) is 10.5. The molecule has 0 radical (unpaired) electrons. The number of rotatable bonds is 3. The minimum Gasteiger partial charge on any atom is -0.300 e. The van der Waals surface area contributed by atoms with Crippen molar-refractivity contribution in [1.82, 2.24) is 10.2 Å². The van der Waals surface area contributed by atoms with Gasteiger partial charge in [0.1, 0.15) is 5.01 Å². The van der Waals surface area contributed by atoms with E-state index in [2.05, 4.69) is 28.1 Å². The lowest BCUT2D eigenvalue weighted by Crippen LogP contribution is -2.12. The molecule has 0 spiro atoms. The molecule has 1 aromatic heterocycles. The highest BCUT2D eigenvalue weighted by Gasteiger charge is 2.08. The van der Waals surface area contributed by atoms with Crippen molar-refractivity contribution in [3.05, 3.63) is 5.01 Å². The number of thiol groups is 1. The van der Waals surface area contributed by atoms with Crippen molar-refractivity contribution in [2.24, 2.45) is 0 Å². The largest absolute Gasteiger partial charge is 0.300 e. The smallest absolute Gasteiger partial charge is 0.235 e. The molecule has 0 fully saturated rings. The first-order valence-electron chi connectivity index (χ1n) is 3.87. The molecule has 1 N–H and O–H groups in total. The fourth-order valence-electron chi connectivity index (χ4n) is 0.677. The maximum Gasteiger partial charge on any atom is 0.235 e. The number of hydrogen-bond acceptors (Lipinski definition) is 5. The molecule has 0 unspecified atom stereocenters. The molecule has 0 aromatic carbocycles. The van der Waals surface area contributed by atoms with Gasteiger partial charge < -0.3 is 0 Å². The lowest BCUT2D eigenvalue weighted by Gasteiger charge is -1.95. The summed E-state index contributed by atoms with van der Waals surface area (Å²) in [4.78, 5) is 10.9. The summed E-state index contributed by atoms with van der Waals surface area (Å²) < 4.78 is 0. The molecule has 1 heterocycles. The number of nitrogens with zero attached hydrogens (tertiary/aromatic N) is 2. The first-order chi connectivity index (χ1) is 6.13. The lowest BCUT2D eigenvalue weighted by molar-refractivity contribution is -0.113. The van der Waals surface area contributed by atoms with E-state index in [1.54, 1.807) is 0 Å². The molecule has 72 valence electrons. The highest BCUT2D eigenvalue weighted by Crippen LogP contribution is 2.22. The van der Waals surface area contributed by atoms with Crippen molar-refractivity contribution in [1.29, 1.82) is 0 Å². The van der Waals surface area contributed by atoms with Gasteiger partial charge in [-0.25, -0.2) is 0 Å². The van der Waals surface area contributed by atoms with E-state index in [0.29, 0.717) is 11.0 Å². The summed E-state index contributed by atoms with van der Waals surface area (Å²) in [5.41, 5.74) is 0. The van der Waals surface area contributed by atoms with Gasteiger partial charge in [0.05, 0.1) is 5.75 Å². The molecule has 1 aromatic rings. The van der Waals surface area contributed by atoms with E-state index in [4.69, 9.17) is 0 Å². The second-order valence-electron chi connectivity index (χ2n) is 2.81. The second kappa shape index (κ2) is 4.57. The lowest BCUT2D eigenvalue weighted by atomic mass is 10.2. The highest BCUT2D eigenvalue weighted by atomic mass is 32.1. The molecule has 0 aliphatic rings. The fraction of sp³-hybridized carbons (Fsp3) is 0.571. The van der Waals surface area contributed by atoms with Crippen LogP contribution in [0.25, 0.3) is 0 Å². The Labute approximate surface area is 86.2 Å². The summed E-state index contributed by atoms with van der Waals surface area (Å²) in [6.45, 7) is 4.06. The van der Waals surface area contributed by atoms with Gasteiger partial charge in [0.25, 0.3) is 0 Å². The molecule has 0 saturated carbocycles. The van der Waals surface area contributed by atoms with Crippen molar-refractivity contribution in [3.63, 3.8) is 0 Å². The minimum atomic E-state index is -0.158. The van der Waals surface area contributed by atoms with Crippen molar-refractivity contribution in [2.75, 3.05) is 11.1 Å². The quantitative estimate of drug-likeness (QED) is 0.755. The van der Waals surface area contributed by atoms with Gasteiger partial charge in [-0.2, -0.15) is 12.6 Å². The topological polar surface area (TPSA) is 54.9 Å². The van der Waals surface area contributed by atoms with Gasteiger partial charge in [-0.15, -0.1) is 10.2 Å². The third kappa shape index (κ3) is 2.96. The number of carbonyl (C=O) groups is 1. The SMILES string of the molecule is CC(C)c1nnc(NC(=O)CS)s1. The first kappa shape index (κ1) is 10.5. The zero-order chi connectivity index (χ0) is 9.84. The first-order valence-corrected chi connectivity index (χ1v) is 5.32. The van der Waals surface area contributed by atoms with Gasteiger partial charge in [0, 0.05) is 5.92 Å². The monoisotopic (exact) mass is 217 g/mol. The van der Waals surface area contributed by atoms with Crippen LogP contribution in [-0.4, -0.2) is 21.9 Å². The number of aromatic nitrogens is 2. The van der Waals surface area contributed by atoms with Gasteiger partial charge in [-0.3, -0.25) is 10.1 Å². The predicted molar refractivity (Wildman–Crippen MR) is 56.5 cm³/mol. The molecule has 4 nitrogen and oxygen atoms in total. The van der Waals surface area contributed by atoms with E-state index in [9.17, 15) is 4.79 Å². The van der Waals surface area contributed by atoms with Crippen LogP contribution in [0, 0.1) is 0 Å². The van der Waals surface area contributed by atoms with Crippen LogP contribution in [0.3, 0.4) is 0 Å². The Balaban J connectivity index is 2.64. The van der Waals surface area contributed by atoms with Gasteiger partial charge >= 0.3 is 0 Å². The van der Waals surface area contributed by atoms with Crippen LogP contribution < -0.4 is 5.32 Å². The van der Waals surface area contributed by atoms with Gasteiger partial charge in [0.15, 0.2) is 0 Å². The van der Waals surface area contributed by atoms with E-state index in [0.717, 1.165) is 5.01 Å². The zero-order valence-corrected chi connectivity index (χ0v) is 9.15. The van der Waals surface area contributed by atoms with E-state index < -0.39 is 0 Å². The maximum atomic E-state index is 10.9. The Hall–Kier alpha value is -0.620. The van der Waals surface area contributed by atoms with Crippen LogP contribution in [0.2, 0.25) is 0 Å². The van der Waals surface area contributed by atoms with Crippen LogP contribution in [0.15, 0.2) is 0 Å². The fourth-order valence-corrected chi connectivity index (χ4v) is 1.52. The molecule has 0 saturated heterocycles. The third-order valence-electron chi connectivity index (χ3n) is 1.32. The van der Waals surface area contributed by atoms with Crippen molar-refractivity contribution in [2.45, 2.75) is 19.8 Å². The average Bonchev–Trinajstić information content (AvgIpc) is 2.52. The summed E-state index contributed by atoms with van der Waals surface area (Å²) in [5.74, 6) is 0.352. The Morgan fingerprint density at radius 1 is 1.62 bits per heavy atom. The number of amides is 1. The van der Waals surface area contributed by atoms with Crippen LogP contribution in [0.4, 0.5) is 5.13 Å². The summed E-state index contributed by atoms with van der Waals surface area (Å²) in [6, 6.07) is 0. The molecule has 0 aliphatic carbocycles. The Bertz CT molecular complexity index is 298. The van der Waals surface area contributed by atoms with Crippen molar-refractivity contribution >= 4 is 35.0 Å². The summed E-state index contributed by atoms with van der Waals surface area (Å²) in [5, 5.41) is 11.8. The summed E-state index contributed by atoms with van der Waals surface area (Å²) in [7, 11) is 0. The predicted octanol–water partition coefficient (Wildman–Crippen LogP) is 1.53. The Kier molecular flexibility index (Phi) is 3.68. The molecule has 13 heavy (non-hydrogen) atoms. The van der Waals surface area contributed by atoms with E-state index >= 15 is 0 Å². The molecule has 1 rings (SSSR count). The molecule has 0 atom stereocenters. The summed E-state index contributed by atoms with van der Waals surface area (Å²) >= 11 is 5.23. The molecular weight excluding hydrogens is 206 g/mol. The highest BCUT2D eigenvalue weighted by molar-refractivity contribution is 7.81. The van der Waals surface area contributed by atoms with Crippen molar-refractivity contribution < 1.29 is 4.79 Å². The van der Waals surface area contributed by atoms with E-state index in [1.807, 2.05) is 13.8 Å². The van der Waals surface area contributed by atoms with Gasteiger partial charge in [-0.1, -0.05) is 25.2 Å². The van der Waals surface area contributed by atoms with Crippen LogP contribution in [0.5, 0.6) is 0 Å². The number of hydrogen-bond donors (Lipinski definition) is 2. The van der Waals surface area contributed by atoms with Crippen LogP contribution >= 0.6 is 24.0 Å². The van der Waals surface area contributed by atoms with Crippen LogP contribution in [0.1, 0.15) is 24.8 Å². The average molecular weight is 217 g/mol. The van der Waals surface area contributed by atoms with Gasteiger partial charge in [-0.05, 0) is 0 Å². The standard InChI is InChI=1S/C7H11N3OS2/c1-4(2)6-9-10-7(13-6)8-5(11)3-12/h4,12H,3H2,1-2H3,(H,8,10,11). The van der Waals surface area contributed by atoms with E-state index in [-0.39, 0.29) is 11.7 Å². The Morgan fingerprint density at radius 3 is 2.77 bits per heavy atom. The van der Waals surface area contributed by atoms with Gasteiger partial charge in [0.2, 0.25) is 11.0 Å². The zero-order valence-electron chi connectivity index (χ0n) is 7.44. The van der Waals surface area contributed by atoms with Crippen molar-refractivity contribution in [3.8, 4) is 0 Å². The molecule has 1 amide bonds. The third-order valence-corrected chi connectivity index (χ3v) is 2.75. The molecule has 6 heteroatoms. The molecule has 0 bridgehead atoms. The number of carbonyl (C=O) groups excluding carboxylic acids is 1. The Morgan fingerprint density at radius 2 is 2.31 bits per heavy atom. The maximum absolute atomic E-state index is 10.9. The minimum absolute atomic E-state index is 0.158. The number of nitrogens with one attached hydrogen (secondary N) is 1. The van der Waals surface area contributed by atoms with Crippen LogP contribution in [-0.2, 0) is 4.79 Å². The molecular formula is C7H11N3OS2. The van der Waals surface area contributed by atoms with E-state index in [1.165, 1.54) is 11.3 Å². The second-order valence-corrected chi connectivity index (χ2v) is 4.13. The molecule has 0 aliphatic heterocycles. The number of anilines is 1.